The molecule has 1 aromatic rings. The summed E-state index contributed by atoms with van der Waals surface area (Å²) >= 11 is 0. The van der Waals surface area contributed by atoms with Crippen LogP contribution in [-0.2, 0) is 6.54 Å². The summed E-state index contributed by atoms with van der Waals surface area (Å²) in [7, 11) is 0. The number of carbonyl (C=O) groups excluding carboxylic acids is 1. The molecular formula is C12H19N5O. The van der Waals surface area contributed by atoms with Crippen LogP contribution in [0.5, 0.6) is 0 Å². The van der Waals surface area contributed by atoms with Crippen molar-refractivity contribution in [3.05, 3.63) is 6.20 Å². The van der Waals surface area contributed by atoms with E-state index in [9.17, 15) is 4.79 Å². The van der Waals surface area contributed by atoms with E-state index in [2.05, 4.69) is 15.6 Å². The van der Waals surface area contributed by atoms with Gasteiger partial charge in [0.05, 0.1) is 6.20 Å². The van der Waals surface area contributed by atoms with Crippen molar-refractivity contribution in [1.29, 1.82) is 0 Å². The predicted octanol–water partition coefficient (Wildman–Crippen LogP) is 1.71. The minimum Gasteiger partial charge on any atom is -0.324 e. The van der Waals surface area contributed by atoms with Gasteiger partial charge in [-0.1, -0.05) is 5.21 Å². The third-order valence-corrected chi connectivity index (χ3v) is 4.00. The van der Waals surface area contributed by atoms with Gasteiger partial charge in [-0.3, -0.25) is 10.00 Å². The van der Waals surface area contributed by atoms with Crippen molar-refractivity contribution in [1.82, 2.24) is 19.9 Å². The molecule has 1 aliphatic heterocycles. The van der Waals surface area contributed by atoms with E-state index in [0.717, 1.165) is 26.1 Å². The Hall–Kier alpha value is -1.59. The predicted molar refractivity (Wildman–Crippen MR) is 67.2 cm³/mol. The standard InChI is InChI=1S/C12H19N5O/c1-2-17-8-10(14-15-17)13-11(18)16-7-3-4-12(9-16)5-6-12/h8H,2-7,9H2,1H3,(H,13,18). The normalized spacial score (nSPS) is 21.1. The van der Waals surface area contributed by atoms with Crippen molar-refractivity contribution >= 4 is 11.8 Å². The second-order valence-corrected chi connectivity index (χ2v) is 5.41. The van der Waals surface area contributed by atoms with Crippen molar-refractivity contribution < 1.29 is 4.79 Å². The molecule has 1 aliphatic carbocycles. The molecule has 0 unspecified atom stereocenters. The highest BCUT2D eigenvalue weighted by Crippen LogP contribution is 2.51. The molecule has 2 heterocycles. The number of anilines is 1. The molecule has 6 nitrogen and oxygen atoms in total. The lowest BCUT2D eigenvalue weighted by atomic mass is 9.95. The van der Waals surface area contributed by atoms with Gasteiger partial charge in [-0.25, -0.2) is 4.79 Å². The van der Waals surface area contributed by atoms with Gasteiger partial charge in [-0.15, -0.1) is 5.10 Å². The maximum atomic E-state index is 12.1. The van der Waals surface area contributed by atoms with Crippen molar-refractivity contribution in [2.45, 2.75) is 39.2 Å². The summed E-state index contributed by atoms with van der Waals surface area (Å²) in [5.74, 6) is 0.539. The minimum absolute atomic E-state index is 0.0378. The Morgan fingerprint density at radius 2 is 2.33 bits per heavy atom. The highest BCUT2D eigenvalue weighted by molar-refractivity contribution is 5.88. The SMILES string of the molecule is CCn1cc(NC(=O)N2CCCC3(CC3)C2)nn1. The van der Waals surface area contributed by atoms with Crippen LogP contribution in [0.15, 0.2) is 6.20 Å². The molecule has 0 bridgehead atoms. The average molecular weight is 249 g/mol. The molecule has 1 saturated carbocycles. The molecule has 3 rings (SSSR count). The molecule has 1 N–H and O–H groups in total. The van der Waals surface area contributed by atoms with E-state index < -0.39 is 0 Å². The summed E-state index contributed by atoms with van der Waals surface area (Å²) in [6, 6.07) is -0.0378. The number of carbonyl (C=O) groups is 1. The highest BCUT2D eigenvalue weighted by Gasteiger charge is 2.46. The van der Waals surface area contributed by atoms with Crippen LogP contribution in [-0.4, -0.2) is 39.0 Å². The summed E-state index contributed by atoms with van der Waals surface area (Å²) in [5, 5.41) is 10.7. The minimum atomic E-state index is -0.0378. The Balaban J connectivity index is 1.60. The van der Waals surface area contributed by atoms with Crippen LogP contribution in [0.3, 0.4) is 0 Å². The van der Waals surface area contributed by atoms with Gasteiger partial charge < -0.3 is 4.90 Å². The number of aryl methyl sites for hydroxylation is 1. The molecular weight excluding hydrogens is 230 g/mol. The van der Waals surface area contributed by atoms with Gasteiger partial charge in [0.25, 0.3) is 0 Å². The van der Waals surface area contributed by atoms with Gasteiger partial charge in [0.15, 0.2) is 5.82 Å². The summed E-state index contributed by atoms with van der Waals surface area (Å²) < 4.78 is 1.70. The van der Waals surface area contributed by atoms with Gasteiger partial charge in [0.2, 0.25) is 0 Å². The van der Waals surface area contributed by atoms with E-state index in [4.69, 9.17) is 0 Å². The van der Waals surface area contributed by atoms with Gasteiger partial charge in [0, 0.05) is 19.6 Å². The first kappa shape index (κ1) is 11.5. The lowest BCUT2D eigenvalue weighted by molar-refractivity contribution is 0.169. The lowest BCUT2D eigenvalue weighted by Gasteiger charge is -2.32. The van der Waals surface area contributed by atoms with Gasteiger partial charge in [0.1, 0.15) is 0 Å². The zero-order valence-corrected chi connectivity index (χ0v) is 10.7. The molecule has 2 fully saturated rings. The first-order valence-corrected chi connectivity index (χ1v) is 6.67. The average Bonchev–Trinajstić information content (AvgIpc) is 2.96. The molecule has 0 radical (unpaired) electrons. The number of aromatic nitrogens is 3. The van der Waals surface area contributed by atoms with Crippen LogP contribution in [0.4, 0.5) is 10.6 Å². The Morgan fingerprint density at radius 1 is 1.50 bits per heavy atom. The number of nitrogens with one attached hydrogen (secondary N) is 1. The summed E-state index contributed by atoms with van der Waals surface area (Å²) in [6.07, 6.45) is 6.72. The van der Waals surface area contributed by atoms with Crippen LogP contribution in [0.25, 0.3) is 0 Å². The van der Waals surface area contributed by atoms with E-state index >= 15 is 0 Å². The Labute approximate surface area is 106 Å². The molecule has 1 saturated heterocycles. The number of hydrogen-bond acceptors (Lipinski definition) is 3. The van der Waals surface area contributed by atoms with Gasteiger partial charge in [-0.05, 0) is 38.0 Å². The van der Waals surface area contributed by atoms with Gasteiger partial charge >= 0.3 is 6.03 Å². The quantitative estimate of drug-likeness (QED) is 0.867. The van der Waals surface area contributed by atoms with Crippen molar-refractivity contribution in [3.63, 3.8) is 0 Å². The number of piperidine rings is 1. The van der Waals surface area contributed by atoms with Crippen molar-refractivity contribution in [2.75, 3.05) is 18.4 Å². The second kappa shape index (κ2) is 4.26. The topological polar surface area (TPSA) is 63.1 Å². The third-order valence-electron chi connectivity index (χ3n) is 4.00. The molecule has 98 valence electrons. The van der Waals surface area contributed by atoms with E-state index in [0.29, 0.717) is 11.2 Å². The zero-order chi connectivity index (χ0) is 12.6. The maximum Gasteiger partial charge on any atom is 0.323 e. The molecule has 18 heavy (non-hydrogen) atoms. The summed E-state index contributed by atoms with van der Waals surface area (Å²) in [5.41, 5.74) is 0.455. The van der Waals surface area contributed by atoms with E-state index in [1.165, 1.54) is 19.3 Å². The molecule has 0 aromatic carbocycles. The van der Waals surface area contributed by atoms with Crippen LogP contribution >= 0.6 is 0 Å². The highest BCUT2D eigenvalue weighted by atomic mass is 16.2. The van der Waals surface area contributed by atoms with Gasteiger partial charge in [-0.2, -0.15) is 0 Å². The smallest absolute Gasteiger partial charge is 0.323 e. The fourth-order valence-electron chi connectivity index (χ4n) is 2.66. The fourth-order valence-corrected chi connectivity index (χ4v) is 2.66. The number of rotatable bonds is 2. The number of nitrogens with zero attached hydrogens (tertiary/aromatic N) is 4. The molecule has 2 amide bonds. The monoisotopic (exact) mass is 249 g/mol. The zero-order valence-electron chi connectivity index (χ0n) is 10.7. The molecule has 6 heteroatoms. The van der Waals surface area contributed by atoms with Crippen molar-refractivity contribution in [3.8, 4) is 0 Å². The molecule has 2 aliphatic rings. The molecule has 0 atom stereocenters. The lowest BCUT2D eigenvalue weighted by Crippen LogP contribution is -2.43. The third kappa shape index (κ3) is 2.19. The fraction of sp³-hybridized carbons (Fsp3) is 0.750. The second-order valence-electron chi connectivity index (χ2n) is 5.41. The number of likely N-dealkylation sites (tertiary alicyclic amines) is 1. The largest absolute Gasteiger partial charge is 0.324 e. The first-order chi connectivity index (χ1) is 8.71. The molecule has 1 aromatic heterocycles. The van der Waals surface area contributed by atoms with E-state index in [1.54, 1.807) is 10.9 Å². The summed E-state index contributed by atoms with van der Waals surface area (Å²) in [4.78, 5) is 14.0. The van der Waals surface area contributed by atoms with E-state index in [-0.39, 0.29) is 6.03 Å². The Bertz CT molecular complexity index is 451. The number of amides is 2. The summed E-state index contributed by atoms with van der Waals surface area (Å²) in [6.45, 7) is 4.51. The maximum absolute atomic E-state index is 12.1. The Kier molecular flexibility index (Phi) is 2.72. The number of hydrogen-bond donors (Lipinski definition) is 1. The molecule has 1 spiro atoms. The Morgan fingerprint density at radius 3 is 3.00 bits per heavy atom. The van der Waals surface area contributed by atoms with Crippen molar-refractivity contribution in [2.24, 2.45) is 5.41 Å². The van der Waals surface area contributed by atoms with Crippen LogP contribution < -0.4 is 5.32 Å². The number of urea groups is 1. The van der Waals surface area contributed by atoms with Crippen LogP contribution in [0.2, 0.25) is 0 Å². The van der Waals surface area contributed by atoms with Crippen LogP contribution in [0.1, 0.15) is 32.6 Å². The van der Waals surface area contributed by atoms with E-state index in [1.807, 2.05) is 11.8 Å². The van der Waals surface area contributed by atoms with Crippen LogP contribution in [0, 0.1) is 5.41 Å². The first-order valence-electron chi connectivity index (χ1n) is 6.67.